The maximum absolute atomic E-state index is 8.88. The van der Waals surface area contributed by atoms with E-state index in [4.69, 9.17) is 10.8 Å². The summed E-state index contributed by atoms with van der Waals surface area (Å²) in [4.78, 5) is 0. The molecule has 3 N–H and O–H groups in total. The van der Waals surface area contributed by atoms with Gasteiger partial charge in [-0.3, -0.25) is 0 Å². The van der Waals surface area contributed by atoms with Gasteiger partial charge in [0.05, 0.1) is 6.61 Å². The van der Waals surface area contributed by atoms with Gasteiger partial charge in [0.1, 0.15) is 0 Å². The van der Waals surface area contributed by atoms with E-state index in [1.54, 1.807) is 0 Å². The Hall–Kier alpha value is -0.340. The molecular weight excluding hydrogens is 126 g/mol. The fourth-order valence-corrected chi connectivity index (χ4v) is 1.47. The van der Waals surface area contributed by atoms with Gasteiger partial charge in [-0.15, -0.1) is 0 Å². The second kappa shape index (κ2) is 3.74. The van der Waals surface area contributed by atoms with Crippen LogP contribution in [0.5, 0.6) is 0 Å². The fourth-order valence-electron chi connectivity index (χ4n) is 1.47. The fraction of sp³-hybridized carbons (Fsp3) is 0.750. The Morgan fingerprint density at radius 2 is 1.80 bits per heavy atom. The van der Waals surface area contributed by atoms with E-state index in [0.29, 0.717) is 6.54 Å². The third-order valence-corrected chi connectivity index (χ3v) is 2.14. The van der Waals surface area contributed by atoms with Gasteiger partial charge in [0, 0.05) is 6.54 Å². The van der Waals surface area contributed by atoms with Gasteiger partial charge in [-0.2, -0.15) is 0 Å². The molecule has 58 valence electrons. The van der Waals surface area contributed by atoms with Gasteiger partial charge in [-0.1, -0.05) is 5.57 Å². The predicted molar refractivity (Wildman–Crippen MR) is 41.6 cm³/mol. The van der Waals surface area contributed by atoms with E-state index in [2.05, 4.69) is 0 Å². The summed E-state index contributed by atoms with van der Waals surface area (Å²) in [5.74, 6) is 0. The van der Waals surface area contributed by atoms with E-state index >= 15 is 0 Å². The summed E-state index contributed by atoms with van der Waals surface area (Å²) in [5, 5.41) is 8.88. The van der Waals surface area contributed by atoms with Crippen molar-refractivity contribution in [2.75, 3.05) is 13.2 Å². The van der Waals surface area contributed by atoms with Crippen LogP contribution in [-0.2, 0) is 0 Å². The van der Waals surface area contributed by atoms with E-state index in [1.165, 1.54) is 24.0 Å². The van der Waals surface area contributed by atoms with Crippen molar-refractivity contribution in [3.63, 3.8) is 0 Å². The zero-order valence-electron chi connectivity index (χ0n) is 6.27. The molecule has 2 nitrogen and oxygen atoms in total. The minimum Gasteiger partial charge on any atom is -0.392 e. The maximum atomic E-state index is 8.88. The summed E-state index contributed by atoms with van der Waals surface area (Å²) in [6, 6.07) is 0. The Bertz CT molecular complexity index is 124. The Morgan fingerprint density at radius 3 is 2.20 bits per heavy atom. The van der Waals surface area contributed by atoms with Crippen LogP contribution in [0.4, 0.5) is 0 Å². The maximum Gasteiger partial charge on any atom is 0.0644 e. The van der Waals surface area contributed by atoms with E-state index < -0.39 is 0 Å². The largest absolute Gasteiger partial charge is 0.392 e. The van der Waals surface area contributed by atoms with E-state index in [9.17, 15) is 0 Å². The summed E-state index contributed by atoms with van der Waals surface area (Å²) >= 11 is 0. The average Bonchev–Trinajstić information content (AvgIpc) is 2.04. The molecule has 0 aromatic heterocycles. The van der Waals surface area contributed by atoms with E-state index in [1.807, 2.05) is 0 Å². The summed E-state index contributed by atoms with van der Waals surface area (Å²) < 4.78 is 0. The summed E-state index contributed by atoms with van der Waals surface area (Å²) in [6.45, 7) is 0.850. The second-order valence-electron chi connectivity index (χ2n) is 2.78. The van der Waals surface area contributed by atoms with Crippen molar-refractivity contribution in [3.8, 4) is 0 Å². The molecule has 0 radical (unpaired) electrons. The molecule has 0 saturated carbocycles. The molecule has 2 heteroatoms. The minimum atomic E-state index is 0.215. The van der Waals surface area contributed by atoms with Crippen LogP contribution in [0.3, 0.4) is 0 Å². The van der Waals surface area contributed by atoms with Crippen molar-refractivity contribution < 1.29 is 5.11 Å². The molecule has 0 aromatic rings. The average molecular weight is 141 g/mol. The molecule has 1 aliphatic rings. The van der Waals surface area contributed by atoms with Crippen molar-refractivity contribution in [2.24, 2.45) is 5.73 Å². The number of aliphatic hydroxyl groups is 1. The Kier molecular flexibility index (Phi) is 2.90. The first-order valence-corrected chi connectivity index (χ1v) is 3.89. The monoisotopic (exact) mass is 141 g/mol. The normalized spacial score (nSPS) is 19.8. The highest BCUT2D eigenvalue weighted by atomic mass is 16.3. The van der Waals surface area contributed by atoms with Crippen LogP contribution >= 0.6 is 0 Å². The quantitative estimate of drug-likeness (QED) is 0.559. The van der Waals surface area contributed by atoms with Gasteiger partial charge in [-0.25, -0.2) is 0 Å². The number of hydrogen-bond acceptors (Lipinski definition) is 2. The van der Waals surface area contributed by atoms with Crippen molar-refractivity contribution >= 4 is 0 Å². The van der Waals surface area contributed by atoms with Crippen molar-refractivity contribution in [1.29, 1.82) is 0 Å². The molecule has 0 aliphatic heterocycles. The first kappa shape index (κ1) is 7.76. The van der Waals surface area contributed by atoms with Gasteiger partial charge in [0.2, 0.25) is 0 Å². The molecule has 0 spiro atoms. The van der Waals surface area contributed by atoms with Crippen LogP contribution in [0.2, 0.25) is 0 Å². The zero-order valence-corrected chi connectivity index (χ0v) is 6.27. The molecule has 0 atom stereocenters. The van der Waals surface area contributed by atoms with Crippen LogP contribution < -0.4 is 5.73 Å². The van der Waals surface area contributed by atoms with Crippen LogP contribution in [0.25, 0.3) is 0 Å². The molecule has 1 rings (SSSR count). The smallest absolute Gasteiger partial charge is 0.0644 e. The van der Waals surface area contributed by atoms with Gasteiger partial charge >= 0.3 is 0 Å². The number of nitrogens with two attached hydrogens (primary N) is 1. The van der Waals surface area contributed by atoms with Crippen LogP contribution in [-0.4, -0.2) is 18.3 Å². The highest BCUT2D eigenvalue weighted by Crippen LogP contribution is 2.22. The van der Waals surface area contributed by atoms with E-state index in [0.717, 1.165) is 12.8 Å². The Morgan fingerprint density at radius 1 is 1.20 bits per heavy atom. The molecule has 0 heterocycles. The van der Waals surface area contributed by atoms with Crippen molar-refractivity contribution in [2.45, 2.75) is 25.7 Å². The summed E-state index contributed by atoms with van der Waals surface area (Å²) in [6.07, 6.45) is 4.63. The molecule has 10 heavy (non-hydrogen) atoms. The minimum absolute atomic E-state index is 0.215. The first-order valence-electron chi connectivity index (χ1n) is 3.89. The van der Waals surface area contributed by atoms with Crippen LogP contribution in [0.1, 0.15) is 25.7 Å². The standard InChI is InChI=1S/C8H15NO/c9-5-7-3-1-2-4-8(7)6-10/h10H,1-6,9H2. The molecule has 0 amide bonds. The lowest BCUT2D eigenvalue weighted by Crippen LogP contribution is -2.11. The number of hydrogen-bond donors (Lipinski definition) is 2. The number of rotatable bonds is 2. The molecule has 0 aromatic carbocycles. The molecule has 1 aliphatic carbocycles. The van der Waals surface area contributed by atoms with Gasteiger partial charge in [-0.05, 0) is 31.3 Å². The molecule has 0 saturated heterocycles. The second-order valence-corrected chi connectivity index (χ2v) is 2.78. The Labute approximate surface area is 61.7 Å². The van der Waals surface area contributed by atoms with Crippen LogP contribution in [0, 0.1) is 0 Å². The van der Waals surface area contributed by atoms with Crippen LogP contribution in [0.15, 0.2) is 11.1 Å². The first-order chi connectivity index (χ1) is 4.88. The van der Waals surface area contributed by atoms with Gasteiger partial charge in [0.25, 0.3) is 0 Å². The Balaban J connectivity index is 2.63. The van der Waals surface area contributed by atoms with Crippen molar-refractivity contribution in [3.05, 3.63) is 11.1 Å². The number of aliphatic hydroxyl groups excluding tert-OH is 1. The lowest BCUT2D eigenvalue weighted by atomic mass is 9.92. The van der Waals surface area contributed by atoms with Gasteiger partial charge < -0.3 is 10.8 Å². The van der Waals surface area contributed by atoms with Crippen molar-refractivity contribution in [1.82, 2.24) is 0 Å². The molecule has 0 unspecified atom stereocenters. The molecule has 0 bridgehead atoms. The third kappa shape index (κ3) is 1.58. The van der Waals surface area contributed by atoms with Gasteiger partial charge in [0.15, 0.2) is 0 Å². The topological polar surface area (TPSA) is 46.2 Å². The van der Waals surface area contributed by atoms with E-state index in [-0.39, 0.29) is 6.61 Å². The summed E-state index contributed by atoms with van der Waals surface area (Å²) in [5.41, 5.74) is 7.97. The molecular formula is C8H15NO. The zero-order chi connectivity index (χ0) is 7.40. The lowest BCUT2D eigenvalue weighted by molar-refractivity contribution is 0.320. The highest BCUT2D eigenvalue weighted by Gasteiger charge is 2.09. The molecule has 0 fully saturated rings. The highest BCUT2D eigenvalue weighted by molar-refractivity contribution is 5.18. The SMILES string of the molecule is NCC1=C(CO)CCCC1. The third-order valence-electron chi connectivity index (χ3n) is 2.14. The lowest BCUT2D eigenvalue weighted by Gasteiger charge is -2.17. The summed E-state index contributed by atoms with van der Waals surface area (Å²) in [7, 11) is 0. The predicted octanol–water partition coefficient (Wildman–Crippen LogP) is 0.808.